The van der Waals surface area contributed by atoms with Gasteiger partial charge < -0.3 is 29.3 Å². The molecule has 14 nitrogen and oxygen atoms in total. The number of ether oxygens (including phenoxy) is 1. The maximum atomic E-state index is 14.3. The van der Waals surface area contributed by atoms with E-state index in [1.54, 1.807) is 42.2 Å². The Bertz CT molecular complexity index is 2160. The summed E-state index contributed by atoms with van der Waals surface area (Å²) in [6.45, 7) is 4.85. The zero-order chi connectivity index (χ0) is 40.3. The van der Waals surface area contributed by atoms with Crippen LogP contribution < -0.4 is 19.8 Å². The van der Waals surface area contributed by atoms with Gasteiger partial charge in [0.1, 0.15) is 36.0 Å². The largest absolute Gasteiger partial charge is 0.465 e. The number of thiophene rings is 1. The third kappa shape index (κ3) is 9.00. The molecule has 0 radical (unpaired) electrons. The predicted octanol–water partition coefficient (Wildman–Crippen LogP) is 5.73. The molecule has 0 spiro atoms. The summed E-state index contributed by atoms with van der Waals surface area (Å²) in [4.78, 5) is 68.9. The van der Waals surface area contributed by atoms with Crippen molar-refractivity contribution in [3.05, 3.63) is 83.1 Å². The van der Waals surface area contributed by atoms with Gasteiger partial charge in [0.15, 0.2) is 0 Å². The van der Waals surface area contributed by atoms with Crippen molar-refractivity contribution in [2.75, 3.05) is 38.7 Å². The molecule has 302 valence electrons. The molecule has 5 heterocycles. The summed E-state index contributed by atoms with van der Waals surface area (Å²) in [7, 11) is 0.188. The van der Waals surface area contributed by atoms with Gasteiger partial charge >= 0.3 is 13.5 Å². The molecule has 3 saturated heterocycles. The second-order valence-electron chi connectivity index (χ2n) is 15.3. The number of hydrogen-bond acceptors (Lipinski definition) is 11. The van der Waals surface area contributed by atoms with Gasteiger partial charge in [0.05, 0.1) is 17.6 Å². The molecule has 3 fully saturated rings. The number of aromatic nitrogens is 2. The second kappa shape index (κ2) is 17.3. The van der Waals surface area contributed by atoms with Gasteiger partial charge in [-0.2, -0.15) is 0 Å². The lowest BCUT2D eigenvalue weighted by Crippen LogP contribution is -2.58. The molecule has 3 aliphatic heterocycles. The number of nitrogens with zero attached hydrogens (tertiary/aromatic N) is 5. The predicted molar refractivity (Wildman–Crippen MR) is 218 cm³/mol. The fourth-order valence-corrected chi connectivity index (χ4v) is 11.0. The number of esters is 1. The van der Waals surface area contributed by atoms with E-state index >= 15 is 0 Å². The molecule has 16 heteroatoms. The first-order valence-electron chi connectivity index (χ1n) is 19.6. The Labute approximate surface area is 336 Å². The molecule has 7 rings (SSSR count). The number of rotatable bonds is 14. The molecule has 2 N–H and O–H groups in total. The molecule has 0 aliphatic carbocycles. The number of amides is 3. The van der Waals surface area contributed by atoms with Crippen LogP contribution in [0, 0.1) is 0 Å². The number of benzene rings is 2. The lowest BCUT2D eigenvalue weighted by Gasteiger charge is -2.43. The number of hydrogen-bond donors (Lipinski definition) is 2. The summed E-state index contributed by atoms with van der Waals surface area (Å²) in [5.74, 6) is 0.238. The van der Waals surface area contributed by atoms with Crippen LogP contribution in [0.5, 0.6) is 5.75 Å². The van der Waals surface area contributed by atoms with Crippen LogP contribution in [0.1, 0.15) is 79.1 Å². The fraction of sp³-hybridized carbons (Fsp3) is 0.463. The number of fused-ring (bicyclic) bond motifs is 2. The molecule has 2 aromatic heterocycles. The number of carbonyl (C=O) groups is 4. The van der Waals surface area contributed by atoms with Gasteiger partial charge in [-0.1, -0.05) is 31.2 Å². The number of anilines is 1. The van der Waals surface area contributed by atoms with Crippen molar-refractivity contribution in [3.8, 4) is 5.75 Å². The zero-order valence-corrected chi connectivity index (χ0v) is 34.5. The molecule has 5 atom stereocenters. The number of nitrogens with one attached hydrogen (secondary N) is 2. The molecule has 0 saturated carbocycles. The van der Waals surface area contributed by atoms with Crippen molar-refractivity contribution in [1.29, 1.82) is 0 Å². The standard InChI is InChI=1S/C41H50N7O7PS/c1-5-18-54-41(52)26(2)45-56(53,55-31-11-7-6-8-12-31)24-27-14-17-35-28(19-27)20-36(57-35)38(49)44-33-13-9-10-30-15-16-34(48(30)39(33)50)40(51)47-22-29(23-47)32-21-42-25-43-37(32)46(3)4/h6-8,11-12,14,17,19-21,25-26,29-30,33-34H,5,9-10,13,15-16,18,22-24H2,1-4H3,(H,44,49)(H,45,53)/t26-,30-,33-,34-,56?/m0/s1. The maximum absolute atomic E-state index is 14.3. The van der Waals surface area contributed by atoms with Gasteiger partial charge in [-0.25, -0.2) is 15.1 Å². The fourth-order valence-electron chi connectivity index (χ4n) is 8.00. The van der Waals surface area contributed by atoms with Crippen LogP contribution in [0.3, 0.4) is 0 Å². The molecular formula is C41H50N7O7PS. The molecular weight excluding hydrogens is 766 g/mol. The number of likely N-dealkylation sites (tertiary alicyclic amines) is 1. The van der Waals surface area contributed by atoms with Gasteiger partial charge in [-0.05, 0) is 86.7 Å². The summed E-state index contributed by atoms with van der Waals surface area (Å²) >= 11 is 1.31. The number of carbonyl (C=O) groups excluding carboxylic acids is 4. The van der Waals surface area contributed by atoms with Crippen molar-refractivity contribution in [3.63, 3.8) is 0 Å². The van der Waals surface area contributed by atoms with Crippen LogP contribution in [-0.4, -0.2) is 101 Å². The Morgan fingerprint density at radius 1 is 1.05 bits per heavy atom. The van der Waals surface area contributed by atoms with Crippen molar-refractivity contribution in [2.24, 2.45) is 0 Å². The Hall–Kier alpha value is -4.85. The molecule has 3 aliphatic rings. The van der Waals surface area contributed by atoms with Crippen molar-refractivity contribution in [2.45, 2.75) is 88.6 Å². The van der Waals surface area contributed by atoms with Crippen molar-refractivity contribution < 1.29 is 33.0 Å². The van der Waals surface area contributed by atoms with E-state index in [-0.39, 0.29) is 42.5 Å². The minimum atomic E-state index is -3.68. The molecule has 0 bridgehead atoms. The van der Waals surface area contributed by atoms with Crippen LogP contribution in [0.25, 0.3) is 10.1 Å². The highest BCUT2D eigenvalue weighted by Crippen LogP contribution is 2.47. The SMILES string of the molecule is CCCOC(=O)[C@H](C)NP(=O)(Cc1ccc2sc(C(=O)N[C@H]3CCC[C@H]4CC[C@@H](C(=O)N5CC(c6cncnc6N(C)C)C5)N4C3=O)cc2c1)Oc1ccccc1. The highest BCUT2D eigenvalue weighted by molar-refractivity contribution is 7.56. The van der Waals surface area contributed by atoms with Gasteiger partial charge in [0.2, 0.25) is 11.8 Å². The van der Waals surface area contributed by atoms with Gasteiger partial charge in [0.25, 0.3) is 5.91 Å². The second-order valence-corrected chi connectivity index (χ2v) is 18.5. The lowest BCUT2D eigenvalue weighted by molar-refractivity contribution is -0.148. The monoisotopic (exact) mass is 815 g/mol. The summed E-state index contributed by atoms with van der Waals surface area (Å²) in [5, 5.41) is 6.69. The molecule has 4 aromatic rings. The Morgan fingerprint density at radius 3 is 2.60 bits per heavy atom. The average molecular weight is 816 g/mol. The Kier molecular flexibility index (Phi) is 12.3. The van der Waals surface area contributed by atoms with E-state index in [0.717, 1.165) is 40.7 Å². The first kappa shape index (κ1) is 40.4. The van der Waals surface area contributed by atoms with Gasteiger partial charge in [-0.3, -0.25) is 23.7 Å². The van der Waals surface area contributed by atoms with Gasteiger partial charge in [-0.15, -0.1) is 11.3 Å². The summed E-state index contributed by atoms with van der Waals surface area (Å²) in [6.07, 6.45) is 7.39. The van der Waals surface area contributed by atoms with E-state index in [0.29, 0.717) is 48.5 Å². The van der Waals surface area contributed by atoms with Crippen LogP contribution in [0.4, 0.5) is 5.82 Å². The van der Waals surface area contributed by atoms with Crippen LogP contribution in [-0.2, 0) is 29.8 Å². The third-order valence-electron chi connectivity index (χ3n) is 10.8. The first-order chi connectivity index (χ1) is 27.4. The minimum absolute atomic E-state index is 0.0239. The highest BCUT2D eigenvalue weighted by atomic mass is 32.1. The molecule has 3 amide bonds. The van der Waals surface area contributed by atoms with E-state index in [4.69, 9.17) is 9.26 Å². The summed E-state index contributed by atoms with van der Waals surface area (Å²) in [5.41, 5.74) is 1.69. The van der Waals surface area contributed by atoms with Crippen LogP contribution >= 0.6 is 18.9 Å². The zero-order valence-electron chi connectivity index (χ0n) is 32.8. The van der Waals surface area contributed by atoms with E-state index in [1.807, 2.05) is 61.3 Å². The lowest BCUT2D eigenvalue weighted by atomic mass is 9.91. The quantitative estimate of drug-likeness (QED) is 0.118. The van der Waals surface area contributed by atoms with Crippen molar-refractivity contribution in [1.82, 2.24) is 30.2 Å². The molecule has 57 heavy (non-hydrogen) atoms. The maximum Gasteiger partial charge on any atom is 0.323 e. The summed E-state index contributed by atoms with van der Waals surface area (Å²) in [6, 6.07) is 13.9. The van der Waals surface area contributed by atoms with Crippen LogP contribution in [0.15, 0.2) is 67.1 Å². The third-order valence-corrected chi connectivity index (χ3v) is 14.0. The topological polar surface area (TPSA) is 163 Å². The molecule has 2 aromatic carbocycles. The highest BCUT2D eigenvalue weighted by Gasteiger charge is 2.48. The molecule has 1 unspecified atom stereocenters. The van der Waals surface area contributed by atoms with E-state index in [2.05, 4.69) is 20.4 Å². The van der Waals surface area contributed by atoms with E-state index in [1.165, 1.54) is 17.7 Å². The first-order valence-corrected chi connectivity index (χ1v) is 22.2. The smallest absolute Gasteiger partial charge is 0.323 e. The van der Waals surface area contributed by atoms with Crippen molar-refractivity contribution >= 4 is 58.5 Å². The van der Waals surface area contributed by atoms with Gasteiger partial charge in [0, 0.05) is 55.6 Å². The van der Waals surface area contributed by atoms with E-state index in [9.17, 15) is 23.7 Å². The Morgan fingerprint density at radius 2 is 1.84 bits per heavy atom. The summed E-state index contributed by atoms with van der Waals surface area (Å²) < 4.78 is 26.4. The Balaban J connectivity index is 1.02. The van der Waals surface area contributed by atoms with Crippen LogP contribution in [0.2, 0.25) is 0 Å². The normalized spacial score (nSPS) is 21.2. The van der Waals surface area contributed by atoms with E-state index < -0.39 is 31.6 Å². The average Bonchev–Trinajstić information content (AvgIpc) is 3.77. The minimum Gasteiger partial charge on any atom is -0.465 e. The number of para-hydroxylation sites is 1.